The molecular formula is C17H29IN4. The van der Waals surface area contributed by atoms with E-state index < -0.39 is 0 Å². The Labute approximate surface area is 151 Å². The van der Waals surface area contributed by atoms with Gasteiger partial charge >= 0.3 is 0 Å². The van der Waals surface area contributed by atoms with Crippen LogP contribution in [0.25, 0.3) is 0 Å². The lowest BCUT2D eigenvalue weighted by atomic mass is 9.94. The normalized spacial score (nSPS) is 15.9. The van der Waals surface area contributed by atoms with E-state index in [1.165, 1.54) is 11.1 Å². The number of nitrogens with zero attached hydrogens (tertiary/aromatic N) is 2. The molecule has 1 aromatic rings. The van der Waals surface area contributed by atoms with Crippen molar-refractivity contribution in [3.8, 4) is 0 Å². The summed E-state index contributed by atoms with van der Waals surface area (Å²) in [7, 11) is 0. The van der Waals surface area contributed by atoms with E-state index >= 15 is 0 Å². The molecule has 0 saturated heterocycles. The van der Waals surface area contributed by atoms with E-state index in [1.807, 2.05) is 0 Å². The Morgan fingerprint density at radius 1 is 1.32 bits per heavy atom. The molecule has 22 heavy (non-hydrogen) atoms. The Kier molecular flexibility index (Phi) is 7.62. The van der Waals surface area contributed by atoms with E-state index in [9.17, 15) is 0 Å². The van der Waals surface area contributed by atoms with Crippen LogP contribution in [0.4, 0.5) is 0 Å². The van der Waals surface area contributed by atoms with Crippen LogP contribution in [0.5, 0.6) is 0 Å². The molecule has 1 heterocycles. The first-order chi connectivity index (χ1) is 10.0. The maximum Gasteiger partial charge on any atom is 0.188 e. The average molecular weight is 416 g/mol. The highest BCUT2D eigenvalue weighted by Crippen LogP contribution is 2.25. The third-order valence-electron chi connectivity index (χ3n) is 4.18. The molecule has 1 aliphatic heterocycles. The second-order valence-electron chi connectivity index (χ2n) is 6.38. The highest BCUT2D eigenvalue weighted by molar-refractivity contribution is 14.0. The van der Waals surface area contributed by atoms with Gasteiger partial charge in [-0.2, -0.15) is 0 Å². The summed E-state index contributed by atoms with van der Waals surface area (Å²) in [6.07, 6.45) is 2.18. The van der Waals surface area contributed by atoms with Crippen molar-refractivity contribution < 1.29 is 0 Å². The molecule has 0 atom stereocenters. The molecule has 1 aliphatic rings. The lowest BCUT2D eigenvalue weighted by molar-refractivity contribution is 0.112. The quantitative estimate of drug-likeness (QED) is 0.441. The fraction of sp³-hybridized carbons (Fsp3) is 0.588. The molecular weight excluding hydrogens is 387 g/mol. The average Bonchev–Trinajstić information content (AvgIpc) is 2.50. The molecule has 0 radical (unpaired) electrons. The lowest BCUT2D eigenvalue weighted by Gasteiger charge is -2.40. The Morgan fingerprint density at radius 3 is 2.68 bits per heavy atom. The smallest absolute Gasteiger partial charge is 0.188 e. The van der Waals surface area contributed by atoms with Crippen LogP contribution in [0, 0.1) is 0 Å². The van der Waals surface area contributed by atoms with Gasteiger partial charge in [0.15, 0.2) is 5.96 Å². The van der Waals surface area contributed by atoms with E-state index in [4.69, 9.17) is 5.73 Å². The monoisotopic (exact) mass is 416 g/mol. The van der Waals surface area contributed by atoms with Gasteiger partial charge in [0, 0.05) is 25.2 Å². The van der Waals surface area contributed by atoms with Gasteiger partial charge in [-0.25, -0.2) is 0 Å². The van der Waals surface area contributed by atoms with Gasteiger partial charge in [0.25, 0.3) is 0 Å². The molecule has 0 fully saturated rings. The number of benzene rings is 1. The number of halogens is 1. The molecule has 0 aromatic heterocycles. The van der Waals surface area contributed by atoms with Gasteiger partial charge < -0.3 is 11.1 Å². The summed E-state index contributed by atoms with van der Waals surface area (Å²) in [6.45, 7) is 10.3. The van der Waals surface area contributed by atoms with Crippen molar-refractivity contribution in [1.82, 2.24) is 10.2 Å². The number of nitrogens with one attached hydrogen (secondary N) is 1. The maximum absolute atomic E-state index is 5.89. The van der Waals surface area contributed by atoms with E-state index in [2.05, 4.69) is 60.2 Å². The summed E-state index contributed by atoms with van der Waals surface area (Å²) < 4.78 is 0. The van der Waals surface area contributed by atoms with Gasteiger partial charge in [0.1, 0.15) is 0 Å². The topological polar surface area (TPSA) is 53.6 Å². The largest absolute Gasteiger partial charge is 0.370 e. The van der Waals surface area contributed by atoms with E-state index in [0.29, 0.717) is 5.96 Å². The Morgan fingerprint density at radius 2 is 2.00 bits per heavy atom. The van der Waals surface area contributed by atoms with Crippen LogP contribution in [-0.4, -0.2) is 36.0 Å². The van der Waals surface area contributed by atoms with Crippen LogP contribution in [0.3, 0.4) is 0 Å². The van der Waals surface area contributed by atoms with Crippen molar-refractivity contribution in [1.29, 1.82) is 0 Å². The second-order valence-corrected chi connectivity index (χ2v) is 6.38. The first kappa shape index (κ1) is 19.2. The fourth-order valence-corrected chi connectivity index (χ4v) is 2.70. The van der Waals surface area contributed by atoms with Crippen LogP contribution in [-0.2, 0) is 13.0 Å². The standard InChI is InChI=1S/C17H28N4.HI/c1-4-10-19-16(18)20-13-17(2,3)21-11-9-14-7-5-6-8-15(14)12-21;/h5-8H,4,9-13H2,1-3H3,(H3,18,19,20);1H. The van der Waals surface area contributed by atoms with Crippen molar-refractivity contribution in [3.05, 3.63) is 35.4 Å². The van der Waals surface area contributed by atoms with Crippen molar-refractivity contribution in [2.45, 2.75) is 45.7 Å². The summed E-state index contributed by atoms with van der Waals surface area (Å²) >= 11 is 0. The minimum atomic E-state index is 0. The van der Waals surface area contributed by atoms with Crippen LogP contribution in [0.15, 0.2) is 29.3 Å². The van der Waals surface area contributed by atoms with Gasteiger partial charge in [-0.05, 0) is 37.8 Å². The third-order valence-corrected chi connectivity index (χ3v) is 4.18. The Balaban J connectivity index is 0.00000242. The minimum absolute atomic E-state index is 0. The second kappa shape index (κ2) is 8.72. The number of hydrogen-bond acceptors (Lipinski definition) is 2. The predicted molar refractivity (Wildman–Crippen MR) is 105 cm³/mol. The van der Waals surface area contributed by atoms with Crippen LogP contribution in [0.1, 0.15) is 38.3 Å². The number of aliphatic imine (C=N–C) groups is 1. The lowest BCUT2D eigenvalue weighted by Crippen LogP contribution is -2.49. The van der Waals surface area contributed by atoms with Crippen LogP contribution >= 0.6 is 24.0 Å². The SMILES string of the molecule is CCCNC(N)=NCC(C)(C)N1CCc2ccccc2C1.I. The summed E-state index contributed by atoms with van der Waals surface area (Å²) in [5.41, 5.74) is 8.84. The van der Waals surface area contributed by atoms with Gasteiger partial charge in [0.05, 0.1) is 6.54 Å². The Hall–Kier alpha value is -0.820. The predicted octanol–water partition coefficient (Wildman–Crippen LogP) is 2.76. The van der Waals surface area contributed by atoms with E-state index in [1.54, 1.807) is 0 Å². The molecule has 124 valence electrons. The van der Waals surface area contributed by atoms with Crippen molar-refractivity contribution in [2.75, 3.05) is 19.6 Å². The van der Waals surface area contributed by atoms with Gasteiger partial charge in [-0.15, -0.1) is 24.0 Å². The molecule has 4 nitrogen and oxygen atoms in total. The highest BCUT2D eigenvalue weighted by atomic mass is 127. The zero-order valence-electron chi connectivity index (χ0n) is 13.9. The van der Waals surface area contributed by atoms with E-state index in [0.717, 1.165) is 39.0 Å². The molecule has 0 bridgehead atoms. The number of rotatable bonds is 5. The first-order valence-electron chi connectivity index (χ1n) is 7.88. The molecule has 3 N–H and O–H groups in total. The Bertz CT molecular complexity index is 499. The van der Waals surface area contributed by atoms with Crippen LogP contribution < -0.4 is 11.1 Å². The van der Waals surface area contributed by atoms with Gasteiger partial charge in [0.2, 0.25) is 0 Å². The molecule has 2 rings (SSSR count). The third kappa shape index (κ3) is 5.12. The molecule has 5 heteroatoms. The first-order valence-corrected chi connectivity index (χ1v) is 7.88. The zero-order chi connectivity index (χ0) is 15.3. The van der Waals surface area contributed by atoms with Crippen molar-refractivity contribution in [2.24, 2.45) is 10.7 Å². The highest BCUT2D eigenvalue weighted by Gasteiger charge is 2.29. The molecule has 0 unspecified atom stereocenters. The number of fused-ring (bicyclic) bond motifs is 1. The summed E-state index contributed by atoms with van der Waals surface area (Å²) in [4.78, 5) is 7.01. The molecule has 0 spiro atoms. The molecule has 0 saturated carbocycles. The molecule has 1 aromatic carbocycles. The summed E-state index contributed by atoms with van der Waals surface area (Å²) in [5.74, 6) is 0.558. The maximum atomic E-state index is 5.89. The molecule has 0 aliphatic carbocycles. The zero-order valence-corrected chi connectivity index (χ0v) is 16.3. The minimum Gasteiger partial charge on any atom is -0.370 e. The van der Waals surface area contributed by atoms with Crippen molar-refractivity contribution >= 4 is 29.9 Å². The fourth-order valence-electron chi connectivity index (χ4n) is 2.70. The number of nitrogens with two attached hydrogens (primary N) is 1. The van der Waals surface area contributed by atoms with Crippen LogP contribution in [0.2, 0.25) is 0 Å². The summed E-state index contributed by atoms with van der Waals surface area (Å²) in [5, 5.41) is 3.13. The number of guanidine groups is 1. The summed E-state index contributed by atoms with van der Waals surface area (Å²) in [6, 6.07) is 8.73. The number of hydrogen-bond donors (Lipinski definition) is 2. The van der Waals surface area contributed by atoms with Crippen molar-refractivity contribution in [3.63, 3.8) is 0 Å². The van der Waals surface area contributed by atoms with E-state index in [-0.39, 0.29) is 29.5 Å². The molecule has 0 amide bonds. The van der Waals surface area contributed by atoms with Gasteiger partial charge in [-0.1, -0.05) is 31.2 Å². The van der Waals surface area contributed by atoms with Gasteiger partial charge in [-0.3, -0.25) is 9.89 Å².